The number of amides is 2. The van der Waals surface area contributed by atoms with Crippen LogP contribution in [-0.4, -0.2) is 36.4 Å². The number of hydrogen-bond donors (Lipinski definition) is 1. The quantitative estimate of drug-likeness (QED) is 0.854. The summed E-state index contributed by atoms with van der Waals surface area (Å²) in [5.74, 6) is -0.371. The number of benzene rings is 1. The average Bonchev–Trinajstić information content (AvgIpc) is 2.72. The van der Waals surface area contributed by atoms with Gasteiger partial charge in [-0.15, -0.1) is 0 Å². The lowest BCUT2D eigenvalue weighted by molar-refractivity contribution is -0.123. The maximum absolute atomic E-state index is 12.3. The monoisotopic (exact) mass is 366 g/mol. The van der Waals surface area contributed by atoms with Gasteiger partial charge in [0.25, 0.3) is 0 Å². The summed E-state index contributed by atoms with van der Waals surface area (Å²) in [4.78, 5) is 32.4. The summed E-state index contributed by atoms with van der Waals surface area (Å²) >= 11 is 0. The van der Waals surface area contributed by atoms with Crippen molar-refractivity contribution in [3.05, 3.63) is 54.4 Å². The molecule has 1 aromatic carbocycles. The molecule has 142 valence electrons. The standard InChI is InChI=1S/C21H26N4O2/c1-17(26)25(16-21(27)23-15-18-7-3-4-12-22-18)20-10-8-19(9-11-20)24-13-5-2-6-14-24/h3-4,7-12H,2,5-6,13-16H2,1H3,(H,23,27). The van der Waals surface area contributed by atoms with E-state index in [9.17, 15) is 9.59 Å². The molecule has 2 aromatic rings. The lowest BCUT2D eigenvalue weighted by atomic mass is 10.1. The number of carbonyl (C=O) groups excluding carboxylic acids is 2. The highest BCUT2D eigenvalue weighted by molar-refractivity contribution is 5.97. The van der Waals surface area contributed by atoms with E-state index in [1.54, 1.807) is 6.20 Å². The first kappa shape index (κ1) is 18.9. The predicted molar refractivity (Wildman–Crippen MR) is 107 cm³/mol. The number of rotatable bonds is 6. The number of piperidine rings is 1. The van der Waals surface area contributed by atoms with E-state index in [1.165, 1.54) is 36.8 Å². The normalized spacial score (nSPS) is 13.9. The number of hydrogen-bond acceptors (Lipinski definition) is 4. The van der Waals surface area contributed by atoms with E-state index >= 15 is 0 Å². The summed E-state index contributed by atoms with van der Waals surface area (Å²) in [5, 5.41) is 2.81. The maximum Gasteiger partial charge on any atom is 0.240 e. The van der Waals surface area contributed by atoms with Gasteiger partial charge in [0.2, 0.25) is 11.8 Å². The molecule has 27 heavy (non-hydrogen) atoms. The fourth-order valence-corrected chi connectivity index (χ4v) is 3.27. The first-order valence-corrected chi connectivity index (χ1v) is 9.43. The zero-order valence-corrected chi connectivity index (χ0v) is 15.7. The zero-order chi connectivity index (χ0) is 19.1. The van der Waals surface area contributed by atoms with Crippen molar-refractivity contribution in [2.24, 2.45) is 0 Å². The summed E-state index contributed by atoms with van der Waals surface area (Å²) < 4.78 is 0. The second-order valence-electron chi connectivity index (χ2n) is 6.77. The minimum Gasteiger partial charge on any atom is -0.372 e. The molecule has 1 fully saturated rings. The Morgan fingerprint density at radius 3 is 2.44 bits per heavy atom. The maximum atomic E-state index is 12.3. The van der Waals surface area contributed by atoms with Gasteiger partial charge in [-0.25, -0.2) is 0 Å². The van der Waals surface area contributed by atoms with Crippen molar-refractivity contribution >= 4 is 23.2 Å². The Morgan fingerprint density at radius 1 is 1.07 bits per heavy atom. The number of anilines is 2. The van der Waals surface area contributed by atoms with Crippen molar-refractivity contribution in [2.45, 2.75) is 32.7 Å². The van der Waals surface area contributed by atoms with Crippen molar-refractivity contribution in [2.75, 3.05) is 29.4 Å². The minimum absolute atomic E-state index is 0.00870. The molecule has 0 saturated carbocycles. The van der Waals surface area contributed by atoms with Crippen LogP contribution in [0.15, 0.2) is 48.7 Å². The zero-order valence-electron chi connectivity index (χ0n) is 15.7. The lowest BCUT2D eigenvalue weighted by Gasteiger charge is -2.29. The van der Waals surface area contributed by atoms with Gasteiger partial charge in [-0.1, -0.05) is 6.07 Å². The summed E-state index contributed by atoms with van der Waals surface area (Å²) in [6.45, 7) is 3.96. The van der Waals surface area contributed by atoms with Gasteiger partial charge < -0.3 is 15.1 Å². The van der Waals surface area contributed by atoms with E-state index in [0.717, 1.165) is 24.5 Å². The lowest BCUT2D eigenvalue weighted by Crippen LogP contribution is -2.39. The molecule has 0 spiro atoms. The fourth-order valence-electron chi connectivity index (χ4n) is 3.27. The Hall–Kier alpha value is -2.89. The van der Waals surface area contributed by atoms with Crippen molar-refractivity contribution in [3.63, 3.8) is 0 Å². The van der Waals surface area contributed by atoms with Gasteiger partial charge in [0, 0.05) is 37.6 Å². The molecule has 1 aliphatic heterocycles. The molecule has 0 bridgehead atoms. The van der Waals surface area contributed by atoms with Crippen LogP contribution in [0.4, 0.5) is 11.4 Å². The molecule has 0 aliphatic carbocycles. The van der Waals surface area contributed by atoms with Crippen molar-refractivity contribution in [1.82, 2.24) is 10.3 Å². The van der Waals surface area contributed by atoms with Gasteiger partial charge in [0.15, 0.2) is 0 Å². The minimum atomic E-state index is -0.212. The SMILES string of the molecule is CC(=O)N(CC(=O)NCc1ccccn1)c1ccc(N2CCCCC2)cc1. The van der Waals surface area contributed by atoms with Crippen LogP contribution in [0, 0.1) is 0 Å². The molecule has 1 N–H and O–H groups in total. The van der Waals surface area contributed by atoms with Crippen molar-refractivity contribution in [3.8, 4) is 0 Å². The van der Waals surface area contributed by atoms with Gasteiger partial charge in [-0.3, -0.25) is 14.6 Å². The van der Waals surface area contributed by atoms with Gasteiger partial charge in [0.1, 0.15) is 6.54 Å². The van der Waals surface area contributed by atoms with Gasteiger partial charge in [0.05, 0.1) is 12.2 Å². The summed E-state index contributed by atoms with van der Waals surface area (Å²) in [6.07, 6.45) is 5.42. The van der Waals surface area contributed by atoms with Gasteiger partial charge in [-0.2, -0.15) is 0 Å². The Balaban J connectivity index is 1.60. The Morgan fingerprint density at radius 2 is 1.81 bits per heavy atom. The molecule has 2 heterocycles. The van der Waals surface area contributed by atoms with E-state index < -0.39 is 0 Å². The first-order valence-electron chi connectivity index (χ1n) is 9.43. The number of nitrogens with zero attached hydrogens (tertiary/aromatic N) is 3. The predicted octanol–water partition coefficient (Wildman–Crippen LogP) is 2.74. The van der Waals surface area contributed by atoms with Crippen LogP contribution in [0.1, 0.15) is 31.9 Å². The van der Waals surface area contributed by atoms with Crippen LogP contribution in [0.25, 0.3) is 0 Å². The summed E-state index contributed by atoms with van der Waals surface area (Å²) in [7, 11) is 0. The highest BCUT2D eigenvalue weighted by Crippen LogP contribution is 2.23. The van der Waals surface area contributed by atoms with Gasteiger partial charge >= 0.3 is 0 Å². The van der Waals surface area contributed by atoms with Crippen LogP contribution in [0.5, 0.6) is 0 Å². The molecule has 1 aromatic heterocycles. The van der Waals surface area contributed by atoms with E-state index in [0.29, 0.717) is 6.54 Å². The molecule has 1 aliphatic rings. The largest absolute Gasteiger partial charge is 0.372 e. The van der Waals surface area contributed by atoms with Crippen molar-refractivity contribution in [1.29, 1.82) is 0 Å². The van der Waals surface area contributed by atoms with Crippen LogP contribution in [0.2, 0.25) is 0 Å². The Bertz CT molecular complexity index is 756. The summed E-state index contributed by atoms with van der Waals surface area (Å²) in [6, 6.07) is 13.4. The summed E-state index contributed by atoms with van der Waals surface area (Å²) in [5.41, 5.74) is 2.68. The molecule has 6 nitrogen and oxygen atoms in total. The second kappa shape index (κ2) is 9.16. The third kappa shape index (κ3) is 5.29. The third-order valence-electron chi connectivity index (χ3n) is 4.76. The molecular formula is C21H26N4O2. The van der Waals surface area contributed by atoms with E-state index in [1.807, 2.05) is 42.5 Å². The van der Waals surface area contributed by atoms with Crippen LogP contribution in [-0.2, 0) is 16.1 Å². The molecule has 2 amide bonds. The van der Waals surface area contributed by atoms with Gasteiger partial charge in [-0.05, 0) is 55.7 Å². The number of pyridine rings is 1. The number of carbonyl (C=O) groups is 2. The highest BCUT2D eigenvalue weighted by atomic mass is 16.2. The molecule has 0 radical (unpaired) electrons. The molecule has 3 rings (SSSR count). The average molecular weight is 366 g/mol. The molecule has 6 heteroatoms. The third-order valence-corrected chi connectivity index (χ3v) is 4.76. The number of aromatic nitrogens is 1. The number of nitrogens with one attached hydrogen (secondary N) is 1. The fraction of sp³-hybridized carbons (Fsp3) is 0.381. The Kier molecular flexibility index (Phi) is 6.41. The smallest absolute Gasteiger partial charge is 0.240 e. The second-order valence-corrected chi connectivity index (χ2v) is 6.77. The van der Waals surface area contributed by atoms with Crippen molar-refractivity contribution < 1.29 is 9.59 Å². The highest BCUT2D eigenvalue weighted by Gasteiger charge is 2.17. The van der Waals surface area contributed by atoms with Crippen LogP contribution >= 0.6 is 0 Å². The van der Waals surface area contributed by atoms with E-state index in [4.69, 9.17) is 0 Å². The van der Waals surface area contributed by atoms with E-state index in [-0.39, 0.29) is 18.4 Å². The van der Waals surface area contributed by atoms with E-state index in [2.05, 4.69) is 15.2 Å². The van der Waals surface area contributed by atoms with Crippen LogP contribution < -0.4 is 15.1 Å². The first-order chi connectivity index (χ1) is 13.1. The molecular weight excluding hydrogens is 340 g/mol. The molecule has 0 unspecified atom stereocenters. The molecule has 0 atom stereocenters. The molecule has 1 saturated heterocycles. The Labute approximate surface area is 160 Å². The van der Waals surface area contributed by atoms with Crippen LogP contribution in [0.3, 0.4) is 0 Å². The topological polar surface area (TPSA) is 65.5 Å².